The summed E-state index contributed by atoms with van der Waals surface area (Å²) < 4.78 is 2.19. The third kappa shape index (κ3) is 3.21. The first kappa shape index (κ1) is 16.3. The van der Waals surface area contributed by atoms with E-state index < -0.39 is 0 Å². The second-order valence-electron chi connectivity index (χ2n) is 6.52. The molecule has 1 aromatic carbocycles. The Bertz CT molecular complexity index is 717. The molecule has 2 heterocycles. The van der Waals surface area contributed by atoms with Crippen LogP contribution in [0.2, 0.25) is 0 Å². The zero-order valence-electron chi connectivity index (χ0n) is 13.3. The van der Waals surface area contributed by atoms with Crippen LogP contribution in [0.25, 0.3) is 11.0 Å². The molecule has 1 aliphatic heterocycles. The van der Waals surface area contributed by atoms with Gasteiger partial charge in [-0.05, 0) is 57.0 Å². The van der Waals surface area contributed by atoms with Gasteiger partial charge in [-0.15, -0.1) is 12.4 Å². The number of aryl methyl sites for hydroxylation is 1. The first-order valence-corrected chi connectivity index (χ1v) is 8.20. The molecule has 1 aromatic heterocycles. The van der Waals surface area contributed by atoms with E-state index in [-0.39, 0.29) is 24.2 Å². The summed E-state index contributed by atoms with van der Waals surface area (Å²) in [6, 6.07) is 6.05. The lowest BCUT2D eigenvalue weighted by atomic mass is 9.97. The Morgan fingerprint density at radius 2 is 2.00 bits per heavy atom. The van der Waals surface area contributed by atoms with Crippen LogP contribution in [0.5, 0.6) is 0 Å². The van der Waals surface area contributed by atoms with Gasteiger partial charge in [-0.3, -0.25) is 4.79 Å². The molecule has 0 radical (unpaired) electrons. The van der Waals surface area contributed by atoms with Crippen LogP contribution in [0, 0.1) is 5.92 Å². The number of fused-ring (bicyclic) bond motifs is 1. The third-order valence-electron chi connectivity index (χ3n) is 4.84. The van der Waals surface area contributed by atoms with Crippen molar-refractivity contribution in [3.05, 3.63) is 24.0 Å². The minimum absolute atomic E-state index is 0. The molecule has 5 nitrogen and oxygen atoms in total. The molecule has 0 bridgehead atoms. The molecule has 23 heavy (non-hydrogen) atoms. The maximum absolute atomic E-state index is 12.3. The number of carbonyl (C=O) groups excluding carboxylic acids is 1. The third-order valence-corrected chi connectivity index (χ3v) is 4.84. The molecular formula is C17H23ClN4O. The van der Waals surface area contributed by atoms with E-state index in [9.17, 15) is 4.79 Å². The smallest absolute Gasteiger partial charge is 0.227 e. The van der Waals surface area contributed by atoms with E-state index in [4.69, 9.17) is 4.98 Å². The van der Waals surface area contributed by atoms with Gasteiger partial charge < -0.3 is 15.2 Å². The van der Waals surface area contributed by atoms with Gasteiger partial charge in [-0.1, -0.05) is 0 Å². The van der Waals surface area contributed by atoms with Gasteiger partial charge in [0.1, 0.15) is 5.82 Å². The molecule has 0 spiro atoms. The largest absolute Gasteiger partial charge is 0.331 e. The van der Waals surface area contributed by atoms with Crippen molar-refractivity contribution >= 4 is 35.0 Å². The molecular weight excluding hydrogens is 312 g/mol. The number of nitrogens with one attached hydrogen (secondary N) is 2. The monoisotopic (exact) mass is 334 g/mol. The average molecular weight is 335 g/mol. The molecule has 2 aliphatic rings. The van der Waals surface area contributed by atoms with E-state index >= 15 is 0 Å². The predicted molar refractivity (Wildman–Crippen MR) is 94.2 cm³/mol. The van der Waals surface area contributed by atoms with Crippen LogP contribution in [0.3, 0.4) is 0 Å². The number of carbonyl (C=O) groups is 1. The molecule has 2 fully saturated rings. The Morgan fingerprint density at radius 3 is 2.70 bits per heavy atom. The fourth-order valence-corrected chi connectivity index (χ4v) is 3.33. The number of rotatable bonds is 3. The van der Waals surface area contributed by atoms with E-state index in [0.29, 0.717) is 5.92 Å². The fraction of sp³-hybridized carbons (Fsp3) is 0.529. The number of piperidine rings is 1. The molecule has 0 atom stereocenters. The number of benzene rings is 1. The number of aromatic nitrogens is 2. The van der Waals surface area contributed by atoms with Crippen molar-refractivity contribution in [2.45, 2.75) is 31.6 Å². The topological polar surface area (TPSA) is 59.0 Å². The SMILES string of the molecule is Cl.Cn1c(C2CC2)nc2cc(NC(=O)C3CCNCC3)ccc21. The summed E-state index contributed by atoms with van der Waals surface area (Å²) in [5, 5.41) is 6.35. The number of hydrogen-bond acceptors (Lipinski definition) is 3. The van der Waals surface area contributed by atoms with Gasteiger partial charge in [0.25, 0.3) is 0 Å². The molecule has 6 heteroatoms. The summed E-state index contributed by atoms with van der Waals surface area (Å²) in [7, 11) is 2.08. The maximum Gasteiger partial charge on any atom is 0.227 e. The quantitative estimate of drug-likeness (QED) is 0.907. The number of imidazole rings is 1. The van der Waals surface area contributed by atoms with Gasteiger partial charge in [0.05, 0.1) is 11.0 Å². The van der Waals surface area contributed by atoms with Gasteiger partial charge in [0.15, 0.2) is 0 Å². The van der Waals surface area contributed by atoms with Crippen molar-refractivity contribution < 1.29 is 4.79 Å². The van der Waals surface area contributed by atoms with E-state index in [2.05, 4.69) is 28.3 Å². The van der Waals surface area contributed by atoms with Crippen molar-refractivity contribution in [1.29, 1.82) is 0 Å². The standard InChI is InChI=1S/C17H22N4O.ClH/c1-21-15-5-4-13(10-14(15)20-16(21)11-2-3-11)19-17(22)12-6-8-18-9-7-12;/h4-5,10-12,18H,2-3,6-9H2,1H3,(H,19,22);1H. The van der Waals surface area contributed by atoms with Crippen molar-refractivity contribution in [3.8, 4) is 0 Å². The van der Waals surface area contributed by atoms with E-state index in [1.165, 1.54) is 18.7 Å². The van der Waals surface area contributed by atoms with Crippen molar-refractivity contribution in [2.75, 3.05) is 18.4 Å². The second-order valence-corrected chi connectivity index (χ2v) is 6.52. The first-order chi connectivity index (χ1) is 10.7. The summed E-state index contributed by atoms with van der Waals surface area (Å²) in [6.45, 7) is 1.87. The van der Waals surface area contributed by atoms with Gasteiger partial charge in [0, 0.05) is 24.6 Å². The summed E-state index contributed by atoms with van der Waals surface area (Å²) in [5.74, 6) is 2.07. The van der Waals surface area contributed by atoms with Crippen LogP contribution >= 0.6 is 12.4 Å². The number of amides is 1. The Labute approximate surface area is 142 Å². The Hall–Kier alpha value is -1.59. The van der Waals surface area contributed by atoms with Crippen LogP contribution in [-0.2, 0) is 11.8 Å². The van der Waals surface area contributed by atoms with Crippen LogP contribution in [0.15, 0.2) is 18.2 Å². The lowest BCUT2D eigenvalue weighted by Crippen LogP contribution is -2.34. The fourth-order valence-electron chi connectivity index (χ4n) is 3.33. The lowest BCUT2D eigenvalue weighted by Gasteiger charge is -2.21. The summed E-state index contributed by atoms with van der Waals surface area (Å²) in [4.78, 5) is 17.1. The minimum Gasteiger partial charge on any atom is -0.331 e. The zero-order chi connectivity index (χ0) is 15.1. The molecule has 2 N–H and O–H groups in total. The Balaban J connectivity index is 0.00000156. The zero-order valence-corrected chi connectivity index (χ0v) is 14.2. The maximum atomic E-state index is 12.3. The summed E-state index contributed by atoms with van der Waals surface area (Å²) in [5.41, 5.74) is 2.98. The van der Waals surface area contributed by atoms with Crippen LogP contribution in [-0.4, -0.2) is 28.5 Å². The first-order valence-electron chi connectivity index (χ1n) is 8.20. The van der Waals surface area contributed by atoms with Gasteiger partial charge >= 0.3 is 0 Å². The highest BCUT2D eigenvalue weighted by molar-refractivity contribution is 5.94. The molecule has 0 unspecified atom stereocenters. The molecule has 2 aromatic rings. The van der Waals surface area contributed by atoms with Crippen molar-refractivity contribution in [1.82, 2.24) is 14.9 Å². The molecule has 4 rings (SSSR count). The van der Waals surface area contributed by atoms with Crippen molar-refractivity contribution in [2.24, 2.45) is 13.0 Å². The highest BCUT2D eigenvalue weighted by Crippen LogP contribution is 2.40. The predicted octanol–water partition coefficient (Wildman–Crippen LogP) is 2.81. The average Bonchev–Trinajstić information content (AvgIpc) is 3.33. The Kier molecular flexibility index (Phi) is 4.60. The molecule has 124 valence electrons. The van der Waals surface area contributed by atoms with E-state index in [0.717, 1.165) is 42.7 Å². The number of anilines is 1. The van der Waals surface area contributed by atoms with E-state index in [1.54, 1.807) is 0 Å². The number of hydrogen-bond donors (Lipinski definition) is 2. The van der Waals surface area contributed by atoms with Crippen LogP contribution in [0.4, 0.5) is 5.69 Å². The van der Waals surface area contributed by atoms with Crippen LogP contribution in [0.1, 0.15) is 37.4 Å². The van der Waals surface area contributed by atoms with Gasteiger partial charge in [-0.2, -0.15) is 0 Å². The highest BCUT2D eigenvalue weighted by Gasteiger charge is 2.28. The second kappa shape index (κ2) is 6.49. The highest BCUT2D eigenvalue weighted by atomic mass is 35.5. The molecule has 1 amide bonds. The van der Waals surface area contributed by atoms with Crippen molar-refractivity contribution in [3.63, 3.8) is 0 Å². The summed E-state index contributed by atoms with van der Waals surface area (Å²) >= 11 is 0. The minimum atomic E-state index is 0. The number of nitrogens with zero attached hydrogens (tertiary/aromatic N) is 2. The van der Waals surface area contributed by atoms with E-state index in [1.807, 2.05) is 12.1 Å². The van der Waals surface area contributed by atoms with Gasteiger partial charge in [-0.25, -0.2) is 4.98 Å². The summed E-state index contributed by atoms with van der Waals surface area (Å²) in [6.07, 6.45) is 4.33. The van der Waals surface area contributed by atoms with Gasteiger partial charge in [0.2, 0.25) is 5.91 Å². The molecule has 1 aliphatic carbocycles. The normalized spacial score (nSPS) is 18.7. The molecule has 1 saturated carbocycles. The van der Waals surface area contributed by atoms with Crippen LogP contribution < -0.4 is 10.6 Å². The number of halogens is 1. The lowest BCUT2D eigenvalue weighted by molar-refractivity contribution is -0.120. The Morgan fingerprint density at radius 1 is 1.26 bits per heavy atom. The molecule has 1 saturated heterocycles.